The molecule has 1 atom stereocenters. The van der Waals surface area contributed by atoms with Crippen molar-refractivity contribution < 1.29 is 9.53 Å². The fraction of sp³-hybridized carbons (Fsp3) is 0.185. The van der Waals surface area contributed by atoms with Crippen LogP contribution in [0.2, 0.25) is 0 Å². The molecular formula is C27H26N6O2S. The van der Waals surface area contributed by atoms with Crippen LogP contribution in [0.15, 0.2) is 89.5 Å². The summed E-state index contributed by atoms with van der Waals surface area (Å²) in [7, 11) is 1.66. The Morgan fingerprint density at radius 3 is 2.78 bits per heavy atom. The van der Waals surface area contributed by atoms with Crippen molar-refractivity contribution in [1.82, 2.24) is 19.7 Å². The van der Waals surface area contributed by atoms with Gasteiger partial charge in [0.2, 0.25) is 11.1 Å². The van der Waals surface area contributed by atoms with E-state index in [0.717, 1.165) is 33.8 Å². The van der Waals surface area contributed by atoms with Crippen molar-refractivity contribution in [3.05, 3.63) is 101 Å². The second kappa shape index (κ2) is 10.2. The topological polar surface area (TPSA) is 94.0 Å². The number of allylic oxidation sites excluding steroid dienone is 1. The summed E-state index contributed by atoms with van der Waals surface area (Å²) in [6.45, 7) is 3.85. The predicted octanol–water partition coefficient (Wildman–Crippen LogP) is 5.21. The molecule has 8 nitrogen and oxygen atoms in total. The van der Waals surface area contributed by atoms with Crippen molar-refractivity contribution in [2.24, 2.45) is 0 Å². The molecule has 5 rings (SSSR count). The van der Waals surface area contributed by atoms with Crippen molar-refractivity contribution in [2.45, 2.75) is 30.8 Å². The van der Waals surface area contributed by atoms with Crippen LogP contribution in [0.4, 0.5) is 11.6 Å². The Morgan fingerprint density at radius 1 is 1.14 bits per heavy atom. The number of aromatic nitrogens is 4. The molecule has 0 spiro atoms. The first kappa shape index (κ1) is 23.6. The fourth-order valence-corrected chi connectivity index (χ4v) is 4.92. The lowest BCUT2D eigenvalue weighted by Gasteiger charge is -2.28. The predicted molar refractivity (Wildman–Crippen MR) is 141 cm³/mol. The van der Waals surface area contributed by atoms with E-state index in [9.17, 15) is 4.79 Å². The van der Waals surface area contributed by atoms with Crippen LogP contribution in [0.25, 0.3) is 0 Å². The highest BCUT2D eigenvalue weighted by atomic mass is 32.2. The quantitative estimate of drug-likeness (QED) is 0.338. The van der Waals surface area contributed by atoms with Gasteiger partial charge in [-0.3, -0.25) is 9.78 Å². The first-order valence-corrected chi connectivity index (χ1v) is 12.5. The molecule has 1 aliphatic heterocycles. The zero-order valence-corrected chi connectivity index (χ0v) is 21.0. The van der Waals surface area contributed by atoms with Gasteiger partial charge < -0.3 is 15.4 Å². The molecule has 1 amide bonds. The summed E-state index contributed by atoms with van der Waals surface area (Å²) in [5.74, 6) is 1.88. The van der Waals surface area contributed by atoms with Gasteiger partial charge in [0.15, 0.2) is 0 Å². The molecule has 182 valence electrons. The molecule has 0 saturated heterocycles. The van der Waals surface area contributed by atoms with E-state index in [1.165, 1.54) is 11.8 Å². The second-order valence-corrected chi connectivity index (χ2v) is 9.37. The number of carbonyl (C=O) groups excluding carboxylic acids is 1. The number of amides is 1. The lowest BCUT2D eigenvalue weighted by Crippen LogP contribution is -2.31. The number of aryl methyl sites for hydroxylation is 1. The molecule has 2 N–H and O–H groups in total. The number of nitrogens with one attached hydrogen (secondary N) is 2. The largest absolute Gasteiger partial charge is 0.497 e. The van der Waals surface area contributed by atoms with Crippen LogP contribution in [0.1, 0.15) is 29.7 Å². The molecular weight excluding hydrogens is 472 g/mol. The number of benzene rings is 2. The number of hydrogen-bond donors (Lipinski definition) is 2. The monoisotopic (exact) mass is 498 g/mol. The SMILES string of the molecule is COc1cccc(CSc2nc3n(n2)[C@H](c2cccnc2)C(C(=O)Nc2ccccc2C)=C(C)N3)c1. The minimum absolute atomic E-state index is 0.199. The first-order valence-electron chi connectivity index (χ1n) is 11.5. The van der Waals surface area contributed by atoms with Gasteiger partial charge >= 0.3 is 0 Å². The molecule has 0 unspecified atom stereocenters. The molecule has 0 aliphatic carbocycles. The van der Waals surface area contributed by atoms with Gasteiger partial charge in [0.05, 0.1) is 12.7 Å². The summed E-state index contributed by atoms with van der Waals surface area (Å²) in [6.07, 6.45) is 3.48. The number of hydrogen-bond acceptors (Lipinski definition) is 7. The number of nitrogens with zero attached hydrogens (tertiary/aromatic N) is 4. The minimum Gasteiger partial charge on any atom is -0.497 e. The van der Waals surface area contributed by atoms with Crippen molar-refractivity contribution in [2.75, 3.05) is 17.7 Å². The van der Waals surface area contributed by atoms with E-state index in [0.29, 0.717) is 22.4 Å². The number of fused-ring (bicyclic) bond motifs is 1. The van der Waals surface area contributed by atoms with Gasteiger partial charge in [0.25, 0.3) is 5.91 Å². The van der Waals surface area contributed by atoms with Crippen molar-refractivity contribution in [1.29, 1.82) is 0 Å². The Bertz CT molecular complexity index is 1430. The Balaban J connectivity index is 1.46. The van der Waals surface area contributed by atoms with E-state index in [1.807, 2.05) is 74.5 Å². The standard InChI is InChI=1S/C27H26N6O2S/c1-17-8-4-5-12-22(17)30-25(34)23-18(2)29-26-31-27(36-16-19-9-6-11-21(14-19)35-3)32-33(26)24(23)20-10-7-13-28-15-20/h4-15,24H,16H2,1-3H3,(H,30,34)(H,29,31,32)/t24-/m1/s1. The van der Waals surface area contributed by atoms with E-state index in [-0.39, 0.29) is 5.91 Å². The van der Waals surface area contributed by atoms with Crippen molar-refractivity contribution in [3.63, 3.8) is 0 Å². The third kappa shape index (κ3) is 4.83. The lowest BCUT2D eigenvalue weighted by molar-refractivity contribution is -0.113. The fourth-order valence-electron chi connectivity index (χ4n) is 4.15. The summed E-state index contributed by atoms with van der Waals surface area (Å²) in [5.41, 5.74) is 5.00. The third-order valence-corrected chi connectivity index (χ3v) is 6.88. The molecule has 2 aromatic heterocycles. The van der Waals surface area contributed by atoms with E-state index in [1.54, 1.807) is 24.2 Å². The van der Waals surface area contributed by atoms with Crippen molar-refractivity contribution in [3.8, 4) is 5.75 Å². The number of thioether (sulfide) groups is 1. The van der Waals surface area contributed by atoms with Crippen LogP contribution in [0, 0.1) is 6.92 Å². The van der Waals surface area contributed by atoms with Gasteiger partial charge in [-0.05, 0) is 54.8 Å². The Kier molecular flexibility index (Phi) is 6.73. The van der Waals surface area contributed by atoms with Gasteiger partial charge in [0, 0.05) is 29.5 Å². The van der Waals surface area contributed by atoms with E-state index in [2.05, 4.69) is 15.6 Å². The first-order chi connectivity index (χ1) is 17.5. The summed E-state index contributed by atoms with van der Waals surface area (Å²) in [5, 5.41) is 11.8. The summed E-state index contributed by atoms with van der Waals surface area (Å²) >= 11 is 1.53. The van der Waals surface area contributed by atoms with Crippen LogP contribution < -0.4 is 15.4 Å². The number of methoxy groups -OCH3 is 1. The van der Waals surface area contributed by atoms with Gasteiger partial charge in [0.1, 0.15) is 11.8 Å². The highest BCUT2D eigenvalue weighted by Gasteiger charge is 2.34. The van der Waals surface area contributed by atoms with Gasteiger partial charge in [-0.15, -0.1) is 5.10 Å². The van der Waals surface area contributed by atoms with Crippen LogP contribution in [-0.2, 0) is 10.5 Å². The molecule has 9 heteroatoms. The zero-order chi connectivity index (χ0) is 25.1. The summed E-state index contributed by atoms with van der Waals surface area (Å²) < 4.78 is 7.10. The smallest absolute Gasteiger partial charge is 0.255 e. The Hall–Kier alpha value is -4.11. The van der Waals surface area contributed by atoms with Crippen molar-refractivity contribution >= 4 is 29.3 Å². The molecule has 36 heavy (non-hydrogen) atoms. The molecule has 3 heterocycles. The average molecular weight is 499 g/mol. The number of anilines is 2. The number of pyridine rings is 1. The third-order valence-electron chi connectivity index (χ3n) is 5.97. The van der Waals surface area contributed by atoms with E-state index >= 15 is 0 Å². The summed E-state index contributed by atoms with van der Waals surface area (Å²) in [4.78, 5) is 22.6. The van der Waals surface area contributed by atoms with E-state index < -0.39 is 6.04 Å². The maximum absolute atomic E-state index is 13.6. The maximum atomic E-state index is 13.6. The van der Waals surface area contributed by atoms with Gasteiger partial charge in [-0.2, -0.15) is 4.98 Å². The highest BCUT2D eigenvalue weighted by molar-refractivity contribution is 7.98. The Morgan fingerprint density at radius 2 is 2.00 bits per heavy atom. The maximum Gasteiger partial charge on any atom is 0.255 e. The minimum atomic E-state index is -0.474. The molecule has 1 aliphatic rings. The Labute approximate surface area is 213 Å². The average Bonchev–Trinajstić information content (AvgIpc) is 3.31. The number of para-hydroxylation sites is 1. The molecule has 0 bridgehead atoms. The van der Waals surface area contributed by atoms with Crippen LogP contribution in [0.3, 0.4) is 0 Å². The van der Waals surface area contributed by atoms with E-state index in [4.69, 9.17) is 14.8 Å². The number of carbonyl (C=O) groups is 1. The number of ether oxygens (including phenoxy) is 1. The molecule has 0 radical (unpaired) electrons. The molecule has 0 saturated carbocycles. The zero-order valence-electron chi connectivity index (χ0n) is 20.2. The molecule has 0 fully saturated rings. The number of rotatable bonds is 7. The van der Waals surface area contributed by atoms with Crippen LogP contribution in [-0.4, -0.2) is 32.8 Å². The van der Waals surface area contributed by atoms with Crippen LogP contribution >= 0.6 is 11.8 Å². The normalized spacial score (nSPS) is 14.7. The van der Waals surface area contributed by atoms with Crippen LogP contribution in [0.5, 0.6) is 5.75 Å². The van der Waals surface area contributed by atoms with Gasteiger partial charge in [-0.25, -0.2) is 4.68 Å². The molecule has 4 aromatic rings. The highest BCUT2D eigenvalue weighted by Crippen LogP contribution is 2.37. The second-order valence-electron chi connectivity index (χ2n) is 8.42. The van der Waals surface area contributed by atoms with Gasteiger partial charge in [-0.1, -0.05) is 48.2 Å². The summed E-state index contributed by atoms with van der Waals surface area (Å²) in [6, 6.07) is 19.0. The lowest BCUT2D eigenvalue weighted by atomic mass is 9.96. The molecule has 2 aromatic carbocycles.